The molecule has 4 rings (SSSR count). The number of ether oxygens (including phenoxy) is 1. The van der Waals surface area contributed by atoms with Gasteiger partial charge in [0.05, 0.1) is 16.3 Å². The van der Waals surface area contributed by atoms with Crippen molar-refractivity contribution in [3.8, 4) is 16.9 Å². The van der Waals surface area contributed by atoms with E-state index in [-0.39, 0.29) is 16.4 Å². The predicted octanol–water partition coefficient (Wildman–Crippen LogP) is 3.52. The van der Waals surface area contributed by atoms with Crippen LogP contribution in [0.1, 0.15) is 5.56 Å². The SMILES string of the molecule is NS(=O)(=O)c1cccc(NC(=O)COC(=O)/C=C/c2cn(-c3ccccc3)nc2-c2ccc(F)cc2)c1. The number of amides is 1. The number of primary sulfonamides is 1. The zero-order valence-electron chi connectivity index (χ0n) is 19.2. The maximum absolute atomic E-state index is 13.4. The first kappa shape index (κ1) is 25.5. The summed E-state index contributed by atoms with van der Waals surface area (Å²) in [4.78, 5) is 24.2. The highest BCUT2D eigenvalue weighted by atomic mass is 32.2. The van der Waals surface area contributed by atoms with Gasteiger partial charge in [-0.3, -0.25) is 4.79 Å². The van der Waals surface area contributed by atoms with E-state index in [2.05, 4.69) is 10.4 Å². The van der Waals surface area contributed by atoms with E-state index in [4.69, 9.17) is 9.88 Å². The smallest absolute Gasteiger partial charge is 0.331 e. The molecule has 0 radical (unpaired) electrons. The van der Waals surface area contributed by atoms with Crippen molar-refractivity contribution in [1.82, 2.24) is 9.78 Å². The number of hydrogen-bond acceptors (Lipinski definition) is 6. The average molecular weight is 521 g/mol. The maximum Gasteiger partial charge on any atom is 0.331 e. The lowest BCUT2D eigenvalue weighted by Crippen LogP contribution is -2.20. The Morgan fingerprint density at radius 1 is 1.03 bits per heavy atom. The number of esters is 1. The van der Waals surface area contributed by atoms with Gasteiger partial charge in [-0.05, 0) is 60.7 Å². The summed E-state index contributed by atoms with van der Waals surface area (Å²) >= 11 is 0. The third-order valence-electron chi connectivity index (χ3n) is 5.07. The van der Waals surface area contributed by atoms with Gasteiger partial charge in [0.25, 0.3) is 5.91 Å². The monoisotopic (exact) mass is 520 g/mol. The number of aromatic nitrogens is 2. The van der Waals surface area contributed by atoms with Crippen LogP contribution in [-0.2, 0) is 24.3 Å². The fraction of sp³-hybridized carbons (Fsp3) is 0.0385. The lowest BCUT2D eigenvalue weighted by Gasteiger charge is -2.06. The summed E-state index contributed by atoms with van der Waals surface area (Å²) in [5.41, 5.74) is 2.69. The molecule has 0 unspecified atom stereocenters. The second-order valence-electron chi connectivity index (χ2n) is 7.78. The molecule has 0 spiro atoms. The highest BCUT2D eigenvalue weighted by Crippen LogP contribution is 2.25. The summed E-state index contributed by atoms with van der Waals surface area (Å²) in [6.07, 6.45) is 4.35. The summed E-state index contributed by atoms with van der Waals surface area (Å²) in [6.45, 7) is -0.600. The molecule has 1 amide bonds. The Balaban J connectivity index is 1.45. The summed E-state index contributed by atoms with van der Waals surface area (Å²) in [5, 5.41) is 12.1. The fourth-order valence-corrected chi connectivity index (χ4v) is 3.90. The molecule has 9 nitrogen and oxygen atoms in total. The van der Waals surface area contributed by atoms with Gasteiger partial charge in [-0.15, -0.1) is 0 Å². The van der Waals surface area contributed by atoms with Crippen LogP contribution in [0.5, 0.6) is 0 Å². The van der Waals surface area contributed by atoms with Crippen molar-refractivity contribution in [1.29, 1.82) is 0 Å². The summed E-state index contributed by atoms with van der Waals surface area (Å²) in [7, 11) is -3.93. The molecule has 3 N–H and O–H groups in total. The number of carbonyl (C=O) groups excluding carboxylic acids is 2. The van der Waals surface area contributed by atoms with Gasteiger partial charge in [-0.25, -0.2) is 27.4 Å². The third-order valence-corrected chi connectivity index (χ3v) is 5.98. The topological polar surface area (TPSA) is 133 Å². The highest BCUT2D eigenvalue weighted by molar-refractivity contribution is 7.89. The first-order valence-electron chi connectivity index (χ1n) is 10.9. The van der Waals surface area contributed by atoms with Gasteiger partial charge in [0.2, 0.25) is 10.0 Å². The van der Waals surface area contributed by atoms with E-state index in [0.717, 1.165) is 11.8 Å². The van der Waals surface area contributed by atoms with Crippen LogP contribution in [0, 0.1) is 5.82 Å². The molecule has 0 saturated carbocycles. The molecule has 0 aliphatic carbocycles. The number of carbonyl (C=O) groups is 2. The molecule has 4 aromatic rings. The van der Waals surface area contributed by atoms with Gasteiger partial charge in [-0.2, -0.15) is 5.10 Å². The molecule has 1 aromatic heterocycles. The zero-order chi connectivity index (χ0) is 26.4. The first-order chi connectivity index (χ1) is 17.7. The second kappa shape index (κ2) is 11.0. The number of nitrogens with two attached hydrogens (primary N) is 1. The molecule has 0 atom stereocenters. The van der Waals surface area contributed by atoms with Crippen molar-refractivity contribution in [2.24, 2.45) is 5.14 Å². The van der Waals surface area contributed by atoms with Gasteiger partial charge < -0.3 is 10.1 Å². The largest absolute Gasteiger partial charge is 0.452 e. The molecule has 1 heterocycles. The van der Waals surface area contributed by atoms with Crippen LogP contribution in [0.15, 0.2) is 96.0 Å². The standard InChI is InChI=1S/C26H21FN4O5S/c27-20-12-9-18(10-13-20)26-19(16-31(30-26)22-6-2-1-3-7-22)11-14-25(33)36-17-24(32)29-21-5-4-8-23(15-21)37(28,34)35/h1-16H,17H2,(H,29,32)(H2,28,34,35)/b14-11+. The Morgan fingerprint density at radius 3 is 2.46 bits per heavy atom. The van der Waals surface area contributed by atoms with Crippen LogP contribution >= 0.6 is 0 Å². The number of nitrogens with zero attached hydrogens (tertiary/aromatic N) is 2. The van der Waals surface area contributed by atoms with Crippen molar-refractivity contribution < 1.29 is 27.1 Å². The lowest BCUT2D eigenvalue weighted by atomic mass is 10.1. The fourth-order valence-electron chi connectivity index (χ4n) is 3.34. The average Bonchev–Trinajstić information content (AvgIpc) is 3.31. The Kier molecular flexibility index (Phi) is 7.56. The molecule has 0 aliphatic rings. The molecule has 0 bridgehead atoms. The Morgan fingerprint density at radius 2 is 1.76 bits per heavy atom. The number of sulfonamides is 1. The van der Waals surface area contributed by atoms with Gasteiger partial charge in [-0.1, -0.05) is 24.3 Å². The number of anilines is 1. The molecular formula is C26H21FN4O5S. The van der Waals surface area contributed by atoms with Crippen LogP contribution in [0.2, 0.25) is 0 Å². The van der Waals surface area contributed by atoms with Crippen molar-refractivity contribution in [3.05, 3.63) is 103 Å². The van der Waals surface area contributed by atoms with Crippen LogP contribution in [0.4, 0.5) is 10.1 Å². The summed E-state index contributed by atoms with van der Waals surface area (Å²) in [5.74, 6) is -1.84. The van der Waals surface area contributed by atoms with Crippen LogP contribution in [0.3, 0.4) is 0 Å². The molecule has 3 aromatic carbocycles. The molecular weight excluding hydrogens is 499 g/mol. The minimum absolute atomic E-state index is 0.168. The molecule has 0 saturated heterocycles. The normalized spacial score (nSPS) is 11.4. The van der Waals surface area contributed by atoms with E-state index in [1.807, 2.05) is 30.3 Å². The third kappa shape index (κ3) is 6.75. The van der Waals surface area contributed by atoms with Crippen molar-refractivity contribution >= 4 is 33.7 Å². The van der Waals surface area contributed by atoms with Crippen LogP contribution in [-0.4, -0.2) is 36.7 Å². The van der Waals surface area contributed by atoms with Crippen molar-refractivity contribution in [2.75, 3.05) is 11.9 Å². The first-order valence-corrected chi connectivity index (χ1v) is 12.4. The summed E-state index contributed by atoms with van der Waals surface area (Å²) < 4.78 is 42.9. The van der Waals surface area contributed by atoms with E-state index in [9.17, 15) is 22.4 Å². The predicted molar refractivity (Wildman–Crippen MR) is 135 cm³/mol. The second-order valence-corrected chi connectivity index (χ2v) is 9.34. The van der Waals surface area contributed by atoms with Gasteiger partial charge in [0, 0.05) is 29.1 Å². The van der Waals surface area contributed by atoms with E-state index in [1.54, 1.807) is 23.0 Å². The van der Waals surface area contributed by atoms with E-state index in [0.29, 0.717) is 16.8 Å². The zero-order valence-corrected chi connectivity index (χ0v) is 20.1. The van der Waals surface area contributed by atoms with Crippen LogP contribution < -0.4 is 10.5 Å². The Labute approximate surface area is 212 Å². The molecule has 37 heavy (non-hydrogen) atoms. The highest BCUT2D eigenvalue weighted by Gasteiger charge is 2.13. The minimum Gasteiger partial charge on any atom is -0.452 e. The lowest BCUT2D eigenvalue weighted by molar-refractivity contribution is -0.142. The van der Waals surface area contributed by atoms with Crippen molar-refractivity contribution in [2.45, 2.75) is 4.90 Å². The summed E-state index contributed by atoms with van der Waals surface area (Å²) in [6, 6.07) is 20.5. The number of hydrogen-bond donors (Lipinski definition) is 2. The van der Waals surface area contributed by atoms with Gasteiger partial charge in [0.1, 0.15) is 5.82 Å². The van der Waals surface area contributed by atoms with Crippen LogP contribution in [0.25, 0.3) is 23.0 Å². The number of para-hydroxylation sites is 1. The van der Waals surface area contributed by atoms with E-state index >= 15 is 0 Å². The molecule has 11 heteroatoms. The minimum atomic E-state index is -3.93. The number of halogens is 1. The van der Waals surface area contributed by atoms with E-state index < -0.39 is 28.5 Å². The molecule has 0 aliphatic heterocycles. The quantitative estimate of drug-likeness (QED) is 0.270. The van der Waals surface area contributed by atoms with E-state index in [1.165, 1.54) is 42.5 Å². The maximum atomic E-state index is 13.4. The molecule has 0 fully saturated rings. The van der Waals surface area contributed by atoms with Crippen molar-refractivity contribution in [3.63, 3.8) is 0 Å². The Hall–Kier alpha value is -4.61. The van der Waals surface area contributed by atoms with Gasteiger partial charge in [0.15, 0.2) is 6.61 Å². The number of nitrogens with one attached hydrogen (secondary N) is 1. The number of benzene rings is 3. The van der Waals surface area contributed by atoms with Gasteiger partial charge >= 0.3 is 5.97 Å². The molecule has 188 valence electrons. The number of rotatable bonds is 8. The Bertz CT molecular complexity index is 1570.